The minimum Gasteiger partial charge on any atom is -0.495 e. The molecule has 0 heterocycles. The van der Waals surface area contributed by atoms with Gasteiger partial charge in [-0.05, 0) is 55.0 Å². The van der Waals surface area contributed by atoms with Crippen molar-refractivity contribution in [3.05, 3.63) is 57.6 Å². The number of halogens is 2. The largest absolute Gasteiger partial charge is 0.495 e. The number of carbonyl (C=O) groups is 1. The quantitative estimate of drug-likeness (QED) is 0.697. The Bertz CT molecular complexity index is 789. The fraction of sp³-hybridized carbons (Fsp3) is 0.350. The number of nitrogens with one attached hydrogen (secondary N) is 2. The number of amides is 1. The summed E-state index contributed by atoms with van der Waals surface area (Å²) in [5.41, 5.74) is 2.66. The summed E-state index contributed by atoms with van der Waals surface area (Å²) in [6.45, 7) is 2.11. The van der Waals surface area contributed by atoms with Crippen molar-refractivity contribution in [1.82, 2.24) is 5.32 Å². The first-order valence-corrected chi connectivity index (χ1v) is 9.36. The minimum absolute atomic E-state index is 0.121. The monoisotopic (exact) mass is 392 g/mol. The van der Waals surface area contributed by atoms with Gasteiger partial charge in [-0.3, -0.25) is 4.79 Å². The first-order chi connectivity index (χ1) is 12.5. The molecule has 138 valence electrons. The molecule has 1 saturated carbocycles. The van der Waals surface area contributed by atoms with Crippen LogP contribution in [0.2, 0.25) is 10.0 Å². The first kappa shape index (κ1) is 19.0. The van der Waals surface area contributed by atoms with Crippen LogP contribution >= 0.6 is 23.2 Å². The van der Waals surface area contributed by atoms with Gasteiger partial charge in [0.25, 0.3) is 0 Å². The zero-order chi connectivity index (χ0) is 18.7. The summed E-state index contributed by atoms with van der Waals surface area (Å²) >= 11 is 12.1. The Morgan fingerprint density at radius 2 is 1.92 bits per heavy atom. The lowest BCUT2D eigenvalue weighted by atomic mass is 10.0. The van der Waals surface area contributed by atoms with Crippen molar-refractivity contribution < 1.29 is 9.53 Å². The molecule has 1 aliphatic rings. The molecule has 2 aromatic carbocycles. The zero-order valence-corrected chi connectivity index (χ0v) is 16.3. The molecule has 26 heavy (non-hydrogen) atoms. The molecule has 0 saturated heterocycles. The van der Waals surface area contributed by atoms with E-state index >= 15 is 0 Å². The average molecular weight is 393 g/mol. The van der Waals surface area contributed by atoms with Crippen molar-refractivity contribution in [3.8, 4) is 5.75 Å². The van der Waals surface area contributed by atoms with Crippen LogP contribution < -0.4 is 15.4 Å². The highest BCUT2D eigenvalue weighted by Gasteiger charge is 2.32. The molecule has 0 bridgehead atoms. The van der Waals surface area contributed by atoms with Crippen LogP contribution in [0.4, 0.5) is 5.69 Å². The van der Waals surface area contributed by atoms with Crippen molar-refractivity contribution >= 4 is 34.8 Å². The highest BCUT2D eigenvalue weighted by atomic mass is 35.5. The molecule has 1 fully saturated rings. The van der Waals surface area contributed by atoms with E-state index in [2.05, 4.69) is 10.6 Å². The van der Waals surface area contributed by atoms with Crippen LogP contribution in [-0.4, -0.2) is 19.6 Å². The van der Waals surface area contributed by atoms with Crippen LogP contribution in [0.3, 0.4) is 0 Å². The Kier molecular flexibility index (Phi) is 6.07. The third-order valence-corrected chi connectivity index (χ3v) is 5.22. The van der Waals surface area contributed by atoms with Gasteiger partial charge in [0.1, 0.15) is 5.75 Å². The van der Waals surface area contributed by atoms with Gasteiger partial charge >= 0.3 is 0 Å². The predicted octanol–water partition coefficient (Wildman–Crippen LogP) is 4.99. The van der Waals surface area contributed by atoms with Crippen LogP contribution in [-0.2, 0) is 4.79 Å². The van der Waals surface area contributed by atoms with Gasteiger partial charge in [0.15, 0.2) is 0 Å². The normalized spacial score (nSPS) is 14.8. The van der Waals surface area contributed by atoms with E-state index in [4.69, 9.17) is 27.9 Å². The van der Waals surface area contributed by atoms with Gasteiger partial charge in [-0.25, -0.2) is 0 Å². The summed E-state index contributed by atoms with van der Waals surface area (Å²) in [4.78, 5) is 12.4. The van der Waals surface area contributed by atoms with Crippen molar-refractivity contribution in [2.24, 2.45) is 5.92 Å². The third-order valence-electron chi connectivity index (χ3n) is 4.56. The maximum Gasteiger partial charge on any atom is 0.238 e. The van der Waals surface area contributed by atoms with Crippen molar-refractivity contribution in [2.45, 2.75) is 25.8 Å². The number of hydrogen-bond donors (Lipinski definition) is 2. The lowest BCUT2D eigenvalue weighted by Gasteiger charge is -2.19. The van der Waals surface area contributed by atoms with E-state index in [0.29, 0.717) is 27.4 Å². The SMILES string of the molecule is COc1cc(Cl)c(C)cc1NC(=O)CN[C@H](c1ccc(Cl)cc1)C1CC1. The number of ether oxygens (including phenoxy) is 1. The number of methoxy groups -OCH3 is 1. The molecule has 2 aromatic rings. The number of hydrogen-bond acceptors (Lipinski definition) is 3. The number of aryl methyl sites for hydroxylation is 1. The highest BCUT2D eigenvalue weighted by molar-refractivity contribution is 6.31. The summed E-state index contributed by atoms with van der Waals surface area (Å²) in [6.07, 6.45) is 2.35. The highest BCUT2D eigenvalue weighted by Crippen LogP contribution is 2.41. The number of rotatable bonds is 7. The molecule has 1 amide bonds. The number of benzene rings is 2. The minimum atomic E-state index is -0.121. The molecule has 6 heteroatoms. The molecule has 1 aliphatic carbocycles. The number of carbonyl (C=O) groups excluding carboxylic acids is 1. The van der Waals surface area contributed by atoms with Crippen LogP contribution in [0, 0.1) is 12.8 Å². The van der Waals surface area contributed by atoms with E-state index in [0.717, 1.165) is 11.1 Å². The van der Waals surface area contributed by atoms with Gasteiger partial charge in [0.2, 0.25) is 5.91 Å². The van der Waals surface area contributed by atoms with Crippen molar-refractivity contribution in [1.29, 1.82) is 0 Å². The molecule has 0 radical (unpaired) electrons. The van der Waals surface area contributed by atoms with E-state index in [1.165, 1.54) is 12.8 Å². The topological polar surface area (TPSA) is 50.4 Å². The van der Waals surface area contributed by atoms with E-state index in [1.807, 2.05) is 37.3 Å². The average Bonchev–Trinajstić information content (AvgIpc) is 3.44. The summed E-state index contributed by atoms with van der Waals surface area (Å²) < 4.78 is 5.30. The van der Waals surface area contributed by atoms with Gasteiger partial charge < -0.3 is 15.4 Å². The van der Waals surface area contributed by atoms with Gasteiger partial charge in [0.05, 0.1) is 19.3 Å². The van der Waals surface area contributed by atoms with E-state index in [1.54, 1.807) is 13.2 Å². The first-order valence-electron chi connectivity index (χ1n) is 8.60. The van der Waals surface area contributed by atoms with E-state index in [-0.39, 0.29) is 18.5 Å². The van der Waals surface area contributed by atoms with Crippen molar-refractivity contribution in [3.63, 3.8) is 0 Å². The molecule has 0 aromatic heterocycles. The van der Waals surface area contributed by atoms with Gasteiger partial charge in [-0.1, -0.05) is 35.3 Å². The molecule has 1 atom stereocenters. The lowest BCUT2D eigenvalue weighted by Crippen LogP contribution is -2.32. The van der Waals surface area contributed by atoms with E-state index < -0.39 is 0 Å². The van der Waals surface area contributed by atoms with Crippen molar-refractivity contribution in [2.75, 3.05) is 19.0 Å². The summed E-state index contributed by atoms with van der Waals surface area (Å²) in [5.74, 6) is 0.992. The smallest absolute Gasteiger partial charge is 0.238 e. The summed E-state index contributed by atoms with van der Waals surface area (Å²) in [7, 11) is 1.55. The predicted molar refractivity (Wildman–Crippen MR) is 106 cm³/mol. The van der Waals surface area contributed by atoms with Crippen LogP contribution in [0.25, 0.3) is 0 Å². The second kappa shape index (κ2) is 8.30. The lowest BCUT2D eigenvalue weighted by molar-refractivity contribution is -0.115. The molecule has 3 rings (SSSR count). The molecule has 0 aliphatic heterocycles. The fourth-order valence-electron chi connectivity index (χ4n) is 2.98. The molecular formula is C20H22Cl2N2O2. The molecule has 2 N–H and O–H groups in total. The van der Waals surface area contributed by atoms with Gasteiger partial charge in [0, 0.05) is 22.2 Å². The fourth-order valence-corrected chi connectivity index (χ4v) is 3.26. The van der Waals surface area contributed by atoms with Crippen LogP contribution in [0.15, 0.2) is 36.4 Å². The third kappa shape index (κ3) is 4.70. The second-order valence-corrected chi connectivity index (χ2v) is 7.44. The van der Waals surface area contributed by atoms with Crippen LogP contribution in [0.5, 0.6) is 5.75 Å². The van der Waals surface area contributed by atoms with Crippen LogP contribution in [0.1, 0.15) is 30.0 Å². The Hall–Kier alpha value is -1.75. The zero-order valence-electron chi connectivity index (χ0n) is 14.8. The standard InChI is InChI=1S/C20H22Cl2N2O2/c1-12-9-17(18(26-2)10-16(12)22)24-19(25)11-23-20(13-3-4-13)14-5-7-15(21)8-6-14/h5-10,13,20,23H,3-4,11H2,1-2H3,(H,24,25)/t20-/m0/s1. The molecule has 4 nitrogen and oxygen atoms in total. The summed E-state index contributed by atoms with van der Waals surface area (Å²) in [5, 5.41) is 7.60. The Labute approximate surface area is 163 Å². The number of anilines is 1. The Morgan fingerprint density at radius 1 is 1.23 bits per heavy atom. The van der Waals surface area contributed by atoms with Gasteiger partial charge in [-0.15, -0.1) is 0 Å². The Morgan fingerprint density at radius 3 is 2.54 bits per heavy atom. The summed E-state index contributed by atoms with van der Waals surface area (Å²) in [6, 6.07) is 11.5. The molecule has 0 unspecified atom stereocenters. The van der Waals surface area contributed by atoms with Gasteiger partial charge in [-0.2, -0.15) is 0 Å². The second-order valence-electron chi connectivity index (χ2n) is 6.60. The maximum atomic E-state index is 12.4. The maximum absolute atomic E-state index is 12.4. The molecule has 0 spiro atoms. The Balaban J connectivity index is 1.64. The van der Waals surface area contributed by atoms with E-state index in [9.17, 15) is 4.79 Å². The molecular weight excluding hydrogens is 371 g/mol.